The van der Waals surface area contributed by atoms with Gasteiger partial charge in [0.25, 0.3) is 5.91 Å². The summed E-state index contributed by atoms with van der Waals surface area (Å²) in [5.41, 5.74) is 3.57. The molecule has 0 atom stereocenters. The number of nitrogens with one attached hydrogen (secondary N) is 1. The molecule has 2 aromatic carbocycles. The van der Waals surface area contributed by atoms with Crippen molar-refractivity contribution in [1.82, 2.24) is 20.0 Å². The molecule has 4 rings (SSSR count). The van der Waals surface area contributed by atoms with Crippen molar-refractivity contribution in [1.29, 1.82) is 0 Å². The van der Waals surface area contributed by atoms with Gasteiger partial charge >= 0.3 is 0 Å². The second-order valence-electron chi connectivity index (χ2n) is 6.64. The maximum atomic E-state index is 12.5. The Balaban J connectivity index is 1.35. The summed E-state index contributed by atoms with van der Waals surface area (Å²) in [4.78, 5) is 26.6. The highest BCUT2D eigenvalue weighted by Crippen LogP contribution is 2.18. The smallest absolute Gasteiger partial charge is 0.272 e. The molecule has 1 N–H and O–H groups in total. The fourth-order valence-corrected chi connectivity index (χ4v) is 3.66. The summed E-state index contributed by atoms with van der Waals surface area (Å²) in [5, 5.41) is 6.98. The van der Waals surface area contributed by atoms with E-state index < -0.39 is 0 Å². The second-order valence-corrected chi connectivity index (χ2v) is 7.56. The molecule has 1 aliphatic heterocycles. The predicted molar refractivity (Wildman–Crippen MR) is 109 cm³/mol. The molecule has 2 heterocycles. The summed E-state index contributed by atoms with van der Waals surface area (Å²) in [6, 6.07) is 17.4. The van der Waals surface area contributed by atoms with Crippen LogP contribution in [0.3, 0.4) is 0 Å². The average molecular weight is 439 g/mol. The Morgan fingerprint density at radius 2 is 1.89 bits per heavy atom. The van der Waals surface area contributed by atoms with Gasteiger partial charge in [-0.3, -0.25) is 9.59 Å². The van der Waals surface area contributed by atoms with Gasteiger partial charge in [-0.25, -0.2) is 4.68 Å². The van der Waals surface area contributed by atoms with Crippen LogP contribution in [0.2, 0.25) is 0 Å². The van der Waals surface area contributed by atoms with E-state index in [4.69, 9.17) is 0 Å². The van der Waals surface area contributed by atoms with Gasteiger partial charge in [0.05, 0.1) is 12.2 Å². The van der Waals surface area contributed by atoms with E-state index >= 15 is 0 Å². The lowest BCUT2D eigenvalue weighted by Crippen LogP contribution is -2.42. The number of hydrogen-bond acceptors (Lipinski definition) is 3. The minimum Gasteiger partial charge on any atom is -0.342 e. The Labute approximate surface area is 171 Å². The molecule has 0 spiro atoms. The van der Waals surface area contributed by atoms with E-state index in [0.717, 1.165) is 16.6 Å². The third kappa shape index (κ3) is 3.99. The van der Waals surface area contributed by atoms with E-state index in [-0.39, 0.29) is 24.1 Å². The molecule has 0 aliphatic carbocycles. The number of rotatable bonds is 4. The first-order valence-electron chi connectivity index (χ1n) is 9.04. The highest BCUT2D eigenvalue weighted by atomic mass is 79.9. The molecule has 0 fully saturated rings. The summed E-state index contributed by atoms with van der Waals surface area (Å²) in [6.07, 6.45) is 2.56. The third-order valence-corrected chi connectivity index (χ3v) is 5.27. The first-order valence-corrected chi connectivity index (χ1v) is 9.84. The molecular weight excluding hydrogens is 420 g/mol. The van der Waals surface area contributed by atoms with Gasteiger partial charge in [0.1, 0.15) is 0 Å². The van der Waals surface area contributed by atoms with Crippen LogP contribution in [-0.4, -0.2) is 39.6 Å². The van der Waals surface area contributed by atoms with Crippen LogP contribution in [-0.2, 0) is 17.8 Å². The molecule has 0 radical (unpaired) electrons. The standard InChI is InChI=1S/C21H19BrN4O2/c22-17-6-3-7-18(12-17)26-11-9-19(24-26)21(28)23-13-20(27)25-10-8-15-4-1-2-5-16(15)14-25/h1-7,9,11-12H,8,10,13-14H2,(H,23,28). The molecule has 1 aromatic heterocycles. The zero-order valence-electron chi connectivity index (χ0n) is 15.1. The Morgan fingerprint density at radius 1 is 1.07 bits per heavy atom. The summed E-state index contributed by atoms with van der Waals surface area (Å²) >= 11 is 3.42. The fourth-order valence-electron chi connectivity index (χ4n) is 3.27. The minimum atomic E-state index is -0.362. The number of aromatic nitrogens is 2. The highest BCUT2D eigenvalue weighted by Gasteiger charge is 2.21. The van der Waals surface area contributed by atoms with E-state index in [1.807, 2.05) is 42.5 Å². The van der Waals surface area contributed by atoms with Gasteiger partial charge in [0.15, 0.2) is 5.69 Å². The van der Waals surface area contributed by atoms with Gasteiger partial charge in [0, 0.05) is 23.8 Å². The van der Waals surface area contributed by atoms with Crippen molar-refractivity contribution in [3.05, 3.63) is 82.1 Å². The van der Waals surface area contributed by atoms with Crippen LogP contribution in [0.15, 0.2) is 65.3 Å². The van der Waals surface area contributed by atoms with Crippen LogP contribution < -0.4 is 5.32 Å². The molecular formula is C21H19BrN4O2. The van der Waals surface area contributed by atoms with Gasteiger partial charge in [0.2, 0.25) is 5.91 Å². The van der Waals surface area contributed by atoms with Crippen molar-refractivity contribution in [3.8, 4) is 5.69 Å². The Morgan fingerprint density at radius 3 is 2.71 bits per heavy atom. The lowest BCUT2D eigenvalue weighted by Gasteiger charge is -2.28. The number of hydrogen-bond donors (Lipinski definition) is 1. The quantitative estimate of drug-likeness (QED) is 0.680. The van der Waals surface area contributed by atoms with Crippen molar-refractivity contribution < 1.29 is 9.59 Å². The van der Waals surface area contributed by atoms with Gasteiger partial charge in [-0.1, -0.05) is 46.3 Å². The van der Waals surface area contributed by atoms with Crippen molar-refractivity contribution in [2.24, 2.45) is 0 Å². The Kier molecular flexibility index (Phi) is 5.25. The molecule has 6 nitrogen and oxygen atoms in total. The molecule has 3 aromatic rings. The van der Waals surface area contributed by atoms with Crippen LogP contribution >= 0.6 is 15.9 Å². The lowest BCUT2D eigenvalue weighted by molar-refractivity contribution is -0.131. The lowest BCUT2D eigenvalue weighted by atomic mass is 10.00. The summed E-state index contributed by atoms with van der Waals surface area (Å²) in [6.45, 7) is 1.22. The maximum absolute atomic E-state index is 12.5. The average Bonchev–Trinajstić information content (AvgIpc) is 3.22. The van der Waals surface area contributed by atoms with Crippen molar-refractivity contribution in [2.45, 2.75) is 13.0 Å². The van der Waals surface area contributed by atoms with E-state index in [2.05, 4.69) is 32.4 Å². The third-order valence-electron chi connectivity index (χ3n) is 4.78. The fraction of sp³-hybridized carbons (Fsp3) is 0.190. The number of fused-ring (bicyclic) bond motifs is 1. The first-order chi connectivity index (χ1) is 13.6. The normalized spacial score (nSPS) is 13.1. The number of amides is 2. The number of benzene rings is 2. The molecule has 28 heavy (non-hydrogen) atoms. The summed E-state index contributed by atoms with van der Waals surface area (Å²) in [7, 11) is 0. The van der Waals surface area contributed by atoms with E-state index in [9.17, 15) is 9.59 Å². The number of carbonyl (C=O) groups is 2. The van der Waals surface area contributed by atoms with Gasteiger partial charge < -0.3 is 10.2 Å². The van der Waals surface area contributed by atoms with Crippen LogP contribution in [0.1, 0.15) is 21.6 Å². The van der Waals surface area contributed by atoms with Crippen molar-refractivity contribution >= 4 is 27.7 Å². The molecule has 0 saturated heterocycles. The molecule has 0 bridgehead atoms. The molecule has 0 saturated carbocycles. The van der Waals surface area contributed by atoms with E-state index in [0.29, 0.717) is 13.1 Å². The minimum absolute atomic E-state index is 0.0370. The van der Waals surface area contributed by atoms with Crippen molar-refractivity contribution in [2.75, 3.05) is 13.1 Å². The summed E-state index contributed by atoms with van der Waals surface area (Å²) in [5.74, 6) is -0.450. The topological polar surface area (TPSA) is 67.2 Å². The largest absolute Gasteiger partial charge is 0.342 e. The SMILES string of the molecule is O=C(NCC(=O)N1CCc2ccccc2C1)c1ccn(-c2cccc(Br)c2)n1. The van der Waals surface area contributed by atoms with Crippen LogP contribution in [0.25, 0.3) is 5.69 Å². The Bertz CT molecular complexity index is 1030. The molecule has 2 amide bonds. The predicted octanol–water partition coefficient (Wildman–Crippen LogP) is 2.95. The Hall–Kier alpha value is -2.93. The van der Waals surface area contributed by atoms with Crippen LogP contribution in [0, 0.1) is 0 Å². The van der Waals surface area contributed by atoms with Crippen molar-refractivity contribution in [3.63, 3.8) is 0 Å². The second kappa shape index (κ2) is 7.98. The monoisotopic (exact) mass is 438 g/mol. The van der Waals surface area contributed by atoms with E-state index in [1.54, 1.807) is 21.8 Å². The zero-order chi connectivity index (χ0) is 19.5. The van der Waals surface area contributed by atoms with Gasteiger partial charge in [-0.15, -0.1) is 0 Å². The molecule has 0 unspecified atom stereocenters. The van der Waals surface area contributed by atoms with E-state index in [1.165, 1.54) is 11.1 Å². The highest BCUT2D eigenvalue weighted by molar-refractivity contribution is 9.10. The molecule has 7 heteroatoms. The number of halogens is 1. The van der Waals surface area contributed by atoms with Gasteiger partial charge in [-0.05, 0) is 41.8 Å². The first kappa shape index (κ1) is 18.4. The van der Waals surface area contributed by atoms with Crippen LogP contribution in [0.5, 0.6) is 0 Å². The molecule has 142 valence electrons. The van der Waals surface area contributed by atoms with Gasteiger partial charge in [-0.2, -0.15) is 5.10 Å². The molecule has 1 aliphatic rings. The number of carbonyl (C=O) groups excluding carboxylic acids is 2. The zero-order valence-corrected chi connectivity index (χ0v) is 16.7. The number of nitrogens with zero attached hydrogens (tertiary/aromatic N) is 3. The van der Waals surface area contributed by atoms with Crippen LogP contribution in [0.4, 0.5) is 0 Å². The summed E-state index contributed by atoms with van der Waals surface area (Å²) < 4.78 is 2.56. The maximum Gasteiger partial charge on any atom is 0.272 e.